The van der Waals surface area contributed by atoms with Gasteiger partial charge in [0, 0.05) is 20.3 Å². The monoisotopic (exact) mass is 277 g/mol. The predicted molar refractivity (Wildman–Crippen MR) is 75.7 cm³/mol. The fourth-order valence-corrected chi connectivity index (χ4v) is 1.56. The minimum Gasteiger partial charge on any atom is -0.461 e. The van der Waals surface area contributed by atoms with E-state index in [1.807, 2.05) is 27.0 Å². The minimum atomic E-state index is 0.00651. The van der Waals surface area contributed by atoms with Crippen LogP contribution in [0.5, 0.6) is 6.01 Å². The number of aromatic nitrogens is 5. The van der Waals surface area contributed by atoms with Crippen LogP contribution in [0.2, 0.25) is 0 Å². The van der Waals surface area contributed by atoms with Gasteiger partial charge in [-0.05, 0) is 19.9 Å². The second-order valence-electron chi connectivity index (χ2n) is 4.48. The molecule has 2 aromatic heterocycles. The van der Waals surface area contributed by atoms with Gasteiger partial charge in [-0.1, -0.05) is 0 Å². The highest BCUT2D eigenvalue weighted by Gasteiger charge is 2.08. The van der Waals surface area contributed by atoms with Crippen LogP contribution in [0.15, 0.2) is 12.3 Å². The molecule has 0 radical (unpaired) electrons. The molecule has 0 aromatic carbocycles. The van der Waals surface area contributed by atoms with Crippen molar-refractivity contribution in [1.82, 2.24) is 24.7 Å². The molecule has 0 aliphatic carbocycles. The van der Waals surface area contributed by atoms with Gasteiger partial charge in [0.05, 0.1) is 18.3 Å². The average Bonchev–Trinajstić information content (AvgIpc) is 2.81. The third kappa shape index (κ3) is 3.56. The molecular weight excluding hydrogens is 258 g/mol. The second-order valence-corrected chi connectivity index (χ2v) is 4.48. The number of nitrogens with zero attached hydrogens (tertiary/aromatic N) is 5. The molecule has 8 heteroatoms. The van der Waals surface area contributed by atoms with E-state index in [9.17, 15) is 0 Å². The Hall–Kier alpha value is -2.38. The van der Waals surface area contributed by atoms with Crippen molar-refractivity contribution in [3.63, 3.8) is 0 Å². The number of hydrogen-bond acceptors (Lipinski definition) is 7. The molecule has 2 N–H and O–H groups in total. The van der Waals surface area contributed by atoms with Crippen LogP contribution in [0.25, 0.3) is 0 Å². The van der Waals surface area contributed by atoms with Gasteiger partial charge in [0.2, 0.25) is 11.9 Å². The number of nitrogens with one attached hydrogen (secondary N) is 2. The lowest BCUT2D eigenvalue weighted by molar-refractivity contribution is 0.222. The molecular formula is C12H19N7O. The van der Waals surface area contributed by atoms with Crippen LogP contribution < -0.4 is 15.4 Å². The van der Waals surface area contributed by atoms with Gasteiger partial charge in [0.15, 0.2) is 0 Å². The van der Waals surface area contributed by atoms with Crippen LogP contribution in [0.1, 0.15) is 19.5 Å². The number of hydrogen-bond donors (Lipinski definition) is 2. The summed E-state index contributed by atoms with van der Waals surface area (Å²) >= 11 is 0. The van der Waals surface area contributed by atoms with Crippen molar-refractivity contribution in [2.45, 2.75) is 26.5 Å². The second kappa shape index (κ2) is 6.18. The Kier molecular flexibility index (Phi) is 4.34. The molecule has 0 aliphatic rings. The van der Waals surface area contributed by atoms with Crippen LogP contribution in [0, 0.1) is 0 Å². The molecule has 2 aromatic rings. The topological polar surface area (TPSA) is 89.8 Å². The first-order chi connectivity index (χ1) is 9.58. The van der Waals surface area contributed by atoms with E-state index in [-0.39, 0.29) is 6.10 Å². The largest absolute Gasteiger partial charge is 0.461 e. The zero-order valence-corrected chi connectivity index (χ0v) is 12.1. The molecule has 0 saturated heterocycles. The molecule has 0 amide bonds. The van der Waals surface area contributed by atoms with Gasteiger partial charge in [-0.3, -0.25) is 4.68 Å². The lowest BCUT2D eigenvalue weighted by Crippen LogP contribution is -2.13. The smallest absolute Gasteiger partial charge is 0.323 e. The van der Waals surface area contributed by atoms with Crippen molar-refractivity contribution in [2.24, 2.45) is 7.05 Å². The van der Waals surface area contributed by atoms with E-state index < -0.39 is 0 Å². The van der Waals surface area contributed by atoms with E-state index in [4.69, 9.17) is 4.74 Å². The molecule has 0 bridgehead atoms. The Bertz CT molecular complexity index is 567. The van der Waals surface area contributed by atoms with E-state index in [1.165, 1.54) is 0 Å². The number of ether oxygens (including phenoxy) is 1. The van der Waals surface area contributed by atoms with Crippen molar-refractivity contribution in [2.75, 3.05) is 17.7 Å². The summed E-state index contributed by atoms with van der Waals surface area (Å²) in [5.74, 6) is 0.921. The Balaban J connectivity index is 2.12. The minimum absolute atomic E-state index is 0.00651. The third-order valence-corrected chi connectivity index (χ3v) is 2.53. The maximum atomic E-state index is 5.50. The summed E-state index contributed by atoms with van der Waals surface area (Å²) < 4.78 is 7.29. The summed E-state index contributed by atoms with van der Waals surface area (Å²) in [6.07, 6.45) is 1.75. The zero-order chi connectivity index (χ0) is 14.5. The number of rotatable bonds is 6. The first-order valence-electron chi connectivity index (χ1n) is 6.39. The SMILES string of the molecule is CNc1nc(NCc2ccnn2C)nc(OC(C)C)n1. The fraction of sp³-hybridized carbons (Fsp3) is 0.500. The van der Waals surface area contributed by atoms with Gasteiger partial charge in [-0.25, -0.2) is 0 Å². The molecule has 20 heavy (non-hydrogen) atoms. The highest BCUT2D eigenvalue weighted by atomic mass is 16.5. The third-order valence-electron chi connectivity index (χ3n) is 2.53. The molecule has 0 atom stereocenters. The van der Waals surface area contributed by atoms with Gasteiger partial charge < -0.3 is 15.4 Å². The summed E-state index contributed by atoms with van der Waals surface area (Å²) in [5.41, 5.74) is 1.03. The van der Waals surface area contributed by atoms with E-state index in [1.54, 1.807) is 17.9 Å². The highest BCUT2D eigenvalue weighted by Crippen LogP contribution is 2.12. The van der Waals surface area contributed by atoms with Crippen LogP contribution in [-0.2, 0) is 13.6 Å². The summed E-state index contributed by atoms with van der Waals surface area (Å²) in [7, 11) is 3.64. The van der Waals surface area contributed by atoms with Crippen LogP contribution in [-0.4, -0.2) is 37.9 Å². The Morgan fingerprint density at radius 1 is 1.25 bits per heavy atom. The first kappa shape index (κ1) is 14.0. The van der Waals surface area contributed by atoms with E-state index in [2.05, 4.69) is 30.7 Å². The average molecular weight is 277 g/mol. The summed E-state index contributed by atoms with van der Waals surface area (Å²) in [6.45, 7) is 4.42. The quantitative estimate of drug-likeness (QED) is 0.815. The summed E-state index contributed by atoms with van der Waals surface area (Å²) in [5, 5.41) is 10.1. The standard InChI is InChI=1S/C12H19N7O/c1-8(2)20-12-17-10(13-3)16-11(18-12)14-7-9-5-6-15-19(9)4/h5-6,8H,7H2,1-4H3,(H2,13,14,16,17,18). The Labute approximate surface area is 117 Å². The normalized spacial score (nSPS) is 10.7. The van der Waals surface area contributed by atoms with E-state index in [0.29, 0.717) is 24.5 Å². The predicted octanol–water partition coefficient (Wildman–Crippen LogP) is 1.05. The molecule has 0 fully saturated rings. The van der Waals surface area contributed by atoms with E-state index in [0.717, 1.165) is 5.69 Å². The Morgan fingerprint density at radius 2 is 2.00 bits per heavy atom. The molecule has 0 unspecified atom stereocenters. The molecule has 0 spiro atoms. The van der Waals surface area contributed by atoms with Crippen LogP contribution in [0.3, 0.4) is 0 Å². The number of anilines is 2. The lowest BCUT2D eigenvalue weighted by Gasteiger charge is -2.11. The van der Waals surface area contributed by atoms with Crippen molar-refractivity contribution >= 4 is 11.9 Å². The molecule has 8 nitrogen and oxygen atoms in total. The molecule has 108 valence electrons. The number of aryl methyl sites for hydroxylation is 1. The molecule has 2 rings (SSSR count). The van der Waals surface area contributed by atoms with Crippen molar-refractivity contribution in [3.05, 3.63) is 18.0 Å². The van der Waals surface area contributed by atoms with Gasteiger partial charge in [0.1, 0.15) is 0 Å². The molecule has 2 heterocycles. The lowest BCUT2D eigenvalue weighted by atomic mass is 10.4. The summed E-state index contributed by atoms with van der Waals surface area (Å²) in [6, 6.07) is 2.23. The van der Waals surface area contributed by atoms with E-state index >= 15 is 0 Å². The fourth-order valence-electron chi connectivity index (χ4n) is 1.56. The maximum Gasteiger partial charge on any atom is 0.323 e. The zero-order valence-electron chi connectivity index (χ0n) is 12.1. The maximum absolute atomic E-state index is 5.50. The Morgan fingerprint density at radius 3 is 2.60 bits per heavy atom. The first-order valence-corrected chi connectivity index (χ1v) is 6.39. The van der Waals surface area contributed by atoms with Crippen LogP contribution >= 0.6 is 0 Å². The molecule has 0 aliphatic heterocycles. The van der Waals surface area contributed by atoms with Crippen molar-refractivity contribution in [3.8, 4) is 6.01 Å². The summed E-state index contributed by atoms with van der Waals surface area (Å²) in [4.78, 5) is 12.6. The van der Waals surface area contributed by atoms with Crippen molar-refractivity contribution < 1.29 is 4.74 Å². The van der Waals surface area contributed by atoms with Gasteiger partial charge >= 0.3 is 6.01 Å². The van der Waals surface area contributed by atoms with Gasteiger partial charge in [-0.2, -0.15) is 20.1 Å². The highest BCUT2D eigenvalue weighted by molar-refractivity contribution is 5.35. The van der Waals surface area contributed by atoms with Crippen molar-refractivity contribution in [1.29, 1.82) is 0 Å². The van der Waals surface area contributed by atoms with Crippen LogP contribution in [0.4, 0.5) is 11.9 Å². The van der Waals surface area contributed by atoms with Gasteiger partial charge in [-0.15, -0.1) is 0 Å². The van der Waals surface area contributed by atoms with Gasteiger partial charge in [0.25, 0.3) is 0 Å². The molecule has 0 saturated carbocycles.